The highest BCUT2D eigenvalue weighted by molar-refractivity contribution is 7.09. The van der Waals surface area contributed by atoms with Crippen molar-refractivity contribution in [2.24, 2.45) is 0 Å². The Morgan fingerprint density at radius 3 is 3.06 bits per heavy atom. The number of nitrogens with one attached hydrogen (secondary N) is 1. The van der Waals surface area contributed by atoms with Crippen LogP contribution in [0.15, 0.2) is 23.8 Å². The maximum atomic E-state index is 5.43. The van der Waals surface area contributed by atoms with Gasteiger partial charge in [-0.05, 0) is 6.42 Å². The number of aromatic nitrogens is 3. The van der Waals surface area contributed by atoms with E-state index in [1.165, 1.54) is 0 Å². The van der Waals surface area contributed by atoms with Crippen molar-refractivity contribution in [3.8, 4) is 5.88 Å². The molecule has 0 spiro atoms. The lowest BCUT2D eigenvalue weighted by Crippen LogP contribution is -2.05. The molecule has 0 atom stereocenters. The van der Waals surface area contributed by atoms with E-state index in [2.05, 4.69) is 27.2 Å². The van der Waals surface area contributed by atoms with Gasteiger partial charge in [0.15, 0.2) is 0 Å². The molecule has 17 heavy (non-hydrogen) atoms. The Balaban J connectivity index is 1.91. The van der Waals surface area contributed by atoms with Gasteiger partial charge in [-0.1, -0.05) is 6.92 Å². The second-order valence-electron chi connectivity index (χ2n) is 3.35. The van der Waals surface area contributed by atoms with Gasteiger partial charge in [-0.2, -0.15) is 4.98 Å². The summed E-state index contributed by atoms with van der Waals surface area (Å²) in [6, 6.07) is 1.75. The largest absolute Gasteiger partial charge is 0.478 e. The van der Waals surface area contributed by atoms with E-state index >= 15 is 0 Å². The molecule has 2 aromatic rings. The zero-order valence-corrected chi connectivity index (χ0v) is 10.4. The first kappa shape index (κ1) is 11.8. The summed E-state index contributed by atoms with van der Waals surface area (Å²) >= 11 is 1.60. The van der Waals surface area contributed by atoms with Gasteiger partial charge < -0.3 is 10.1 Å². The fraction of sp³-hybridized carbons (Fsp3) is 0.364. The molecule has 1 N–H and O–H groups in total. The standard InChI is InChI=1S/C11H14N4OS/c1-2-6-16-9-3-4-13-11(15-9)14-8-10-12-5-7-17-10/h3-5,7H,2,6,8H2,1H3,(H,13,14,15). The van der Waals surface area contributed by atoms with Gasteiger partial charge in [0.2, 0.25) is 11.8 Å². The number of hydrogen-bond donors (Lipinski definition) is 1. The quantitative estimate of drug-likeness (QED) is 0.852. The van der Waals surface area contributed by atoms with Gasteiger partial charge in [0, 0.05) is 23.8 Å². The predicted molar refractivity (Wildman–Crippen MR) is 67.3 cm³/mol. The summed E-state index contributed by atoms with van der Waals surface area (Å²) in [5.41, 5.74) is 0. The average molecular weight is 250 g/mol. The molecule has 2 heterocycles. The van der Waals surface area contributed by atoms with Crippen LogP contribution in [0.5, 0.6) is 5.88 Å². The maximum absolute atomic E-state index is 5.43. The van der Waals surface area contributed by atoms with Gasteiger partial charge in [0.05, 0.1) is 13.2 Å². The number of nitrogens with zero attached hydrogens (tertiary/aromatic N) is 3. The third kappa shape index (κ3) is 3.67. The molecule has 0 radical (unpaired) electrons. The molecule has 0 saturated heterocycles. The third-order valence-electron chi connectivity index (χ3n) is 1.97. The van der Waals surface area contributed by atoms with Crippen LogP contribution in [0.2, 0.25) is 0 Å². The van der Waals surface area contributed by atoms with Crippen LogP contribution in [0.25, 0.3) is 0 Å². The molecule has 6 heteroatoms. The minimum atomic E-state index is 0.564. The number of ether oxygens (including phenoxy) is 1. The van der Waals surface area contributed by atoms with E-state index in [9.17, 15) is 0 Å². The number of anilines is 1. The molecule has 0 fully saturated rings. The molecule has 2 aromatic heterocycles. The molecule has 0 unspecified atom stereocenters. The van der Waals surface area contributed by atoms with Gasteiger partial charge in [-0.3, -0.25) is 0 Å². The van der Waals surface area contributed by atoms with Gasteiger partial charge in [0.25, 0.3) is 0 Å². The van der Waals surface area contributed by atoms with Crippen molar-refractivity contribution >= 4 is 17.3 Å². The second-order valence-corrected chi connectivity index (χ2v) is 4.33. The van der Waals surface area contributed by atoms with Crippen molar-refractivity contribution in [2.75, 3.05) is 11.9 Å². The monoisotopic (exact) mass is 250 g/mol. The summed E-state index contributed by atoms with van der Waals surface area (Å²) in [6.07, 6.45) is 4.43. The van der Waals surface area contributed by atoms with Crippen LogP contribution in [0.1, 0.15) is 18.4 Å². The van der Waals surface area contributed by atoms with Crippen LogP contribution in [-0.4, -0.2) is 21.6 Å². The van der Waals surface area contributed by atoms with Crippen LogP contribution in [0.3, 0.4) is 0 Å². The smallest absolute Gasteiger partial charge is 0.226 e. The molecule has 5 nitrogen and oxygen atoms in total. The zero-order valence-electron chi connectivity index (χ0n) is 9.59. The lowest BCUT2D eigenvalue weighted by Gasteiger charge is -2.05. The third-order valence-corrected chi connectivity index (χ3v) is 2.74. The first-order valence-corrected chi connectivity index (χ1v) is 6.34. The number of thiazole rings is 1. The van der Waals surface area contributed by atoms with Crippen molar-refractivity contribution in [1.82, 2.24) is 15.0 Å². The molecule has 0 aliphatic heterocycles. The van der Waals surface area contributed by atoms with E-state index in [0.29, 0.717) is 25.0 Å². The van der Waals surface area contributed by atoms with E-state index in [1.54, 1.807) is 29.8 Å². The minimum Gasteiger partial charge on any atom is -0.478 e. The highest BCUT2D eigenvalue weighted by Crippen LogP contribution is 2.10. The maximum Gasteiger partial charge on any atom is 0.226 e. The van der Waals surface area contributed by atoms with Gasteiger partial charge in [-0.25, -0.2) is 9.97 Å². The highest BCUT2D eigenvalue weighted by atomic mass is 32.1. The normalized spacial score (nSPS) is 10.2. The molecule has 0 aliphatic rings. The zero-order chi connectivity index (χ0) is 11.9. The first-order valence-electron chi connectivity index (χ1n) is 5.46. The number of rotatable bonds is 6. The van der Waals surface area contributed by atoms with Crippen molar-refractivity contribution in [2.45, 2.75) is 19.9 Å². The summed E-state index contributed by atoms with van der Waals surface area (Å²) in [4.78, 5) is 12.5. The molecule has 2 rings (SSSR count). The lowest BCUT2D eigenvalue weighted by molar-refractivity contribution is 0.305. The fourth-order valence-corrected chi connectivity index (χ4v) is 1.77. The summed E-state index contributed by atoms with van der Waals surface area (Å²) in [7, 11) is 0. The van der Waals surface area contributed by atoms with Crippen LogP contribution in [-0.2, 0) is 6.54 Å². The fourth-order valence-electron chi connectivity index (χ4n) is 1.21. The molecule has 0 bridgehead atoms. The first-order chi connectivity index (χ1) is 8.38. The van der Waals surface area contributed by atoms with Gasteiger partial charge in [0.1, 0.15) is 5.01 Å². The van der Waals surface area contributed by atoms with E-state index < -0.39 is 0 Å². The van der Waals surface area contributed by atoms with Crippen molar-refractivity contribution < 1.29 is 4.74 Å². The molecule has 0 aliphatic carbocycles. The molecular weight excluding hydrogens is 236 g/mol. The summed E-state index contributed by atoms with van der Waals surface area (Å²) in [5.74, 6) is 1.16. The van der Waals surface area contributed by atoms with E-state index in [-0.39, 0.29) is 0 Å². The van der Waals surface area contributed by atoms with Crippen molar-refractivity contribution in [3.05, 3.63) is 28.8 Å². The van der Waals surface area contributed by atoms with Gasteiger partial charge >= 0.3 is 0 Å². The van der Waals surface area contributed by atoms with Crippen molar-refractivity contribution in [3.63, 3.8) is 0 Å². The van der Waals surface area contributed by atoms with E-state index in [1.807, 2.05) is 5.38 Å². The van der Waals surface area contributed by atoms with E-state index in [0.717, 1.165) is 11.4 Å². The number of hydrogen-bond acceptors (Lipinski definition) is 6. The Morgan fingerprint density at radius 1 is 1.35 bits per heavy atom. The summed E-state index contributed by atoms with van der Waals surface area (Å²) in [6.45, 7) is 3.36. The summed E-state index contributed by atoms with van der Waals surface area (Å²) in [5, 5.41) is 6.06. The topological polar surface area (TPSA) is 59.9 Å². The minimum absolute atomic E-state index is 0.564. The van der Waals surface area contributed by atoms with Crippen LogP contribution in [0.4, 0.5) is 5.95 Å². The van der Waals surface area contributed by atoms with Crippen LogP contribution < -0.4 is 10.1 Å². The Labute approximate surface area is 104 Å². The molecule has 0 aromatic carbocycles. The Kier molecular flexibility index (Phi) is 4.26. The predicted octanol–water partition coefficient (Wildman–Crippen LogP) is 2.33. The Morgan fingerprint density at radius 2 is 2.29 bits per heavy atom. The van der Waals surface area contributed by atoms with Crippen LogP contribution >= 0.6 is 11.3 Å². The van der Waals surface area contributed by atoms with E-state index in [4.69, 9.17) is 4.74 Å². The van der Waals surface area contributed by atoms with Crippen molar-refractivity contribution in [1.29, 1.82) is 0 Å². The molecular formula is C11H14N4OS. The second kappa shape index (κ2) is 6.15. The molecule has 90 valence electrons. The Hall–Kier alpha value is -1.69. The van der Waals surface area contributed by atoms with Gasteiger partial charge in [-0.15, -0.1) is 11.3 Å². The molecule has 0 saturated carbocycles. The average Bonchev–Trinajstić information content (AvgIpc) is 2.87. The SMILES string of the molecule is CCCOc1ccnc(NCc2nccs2)n1. The summed E-state index contributed by atoms with van der Waals surface area (Å²) < 4.78 is 5.43. The van der Waals surface area contributed by atoms with Crippen LogP contribution in [0, 0.1) is 0 Å². The Bertz CT molecular complexity index is 446. The highest BCUT2D eigenvalue weighted by Gasteiger charge is 2.01. The lowest BCUT2D eigenvalue weighted by atomic mass is 10.5. The molecule has 0 amide bonds.